The molecular formula is C15H23N3O. The lowest BCUT2D eigenvalue weighted by Gasteiger charge is -2.30. The highest BCUT2D eigenvalue weighted by atomic mass is 16.2. The Morgan fingerprint density at radius 1 is 1.53 bits per heavy atom. The van der Waals surface area contributed by atoms with Crippen molar-refractivity contribution in [2.45, 2.75) is 45.8 Å². The highest BCUT2D eigenvalue weighted by Gasteiger charge is 2.33. The molecule has 0 bridgehead atoms. The molecule has 0 aromatic carbocycles. The van der Waals surface area contributed by atoms with Gasteiger partial charge in [0.2, 0.25) is 5.91 Å². The summed E-state index contributed by atoms with van der Waals surface area (Å²) in [7, 11) is 0. The predicted molar refractivity (Wildman–Crippen MR) is 75.5 cm³/mol. The zero-order valence-corrected chi connectivity index (χ0v) is 12.0. The van der Waals surface area contributed by atoms with Crippen LogP contribution < -0.4 is 5.32 Å². The van der Waals surface area contributed by atoms with Crippen molar-refractivity contribution in [1.29, 1.82) is 0 Å². The van der Waals surface area contributed by atoms with E-state index in [1.807, 2.05) is 23.1 Å². The summed E-state index contributed by atoms with van der Waals surface area (Å²) in [5.41, 5.74) is 0.947. The summed E-state index contributed by atoms with van der Waals surface area (Å²) in [6, 6.07) is 6.30. The van der Waals surface area contributed by atoms with Gasteiger partial charge in [0.1, 0.15) is 0 Å². The van der Waals surface area contributed by atoms with Gasteiger partial charge in [-0.1, -0.05) is 6.07 Å². The summed E-state index contributed by atoms with van der Waals surface area (Å²) < 4.78 is 0. The Bertz CT molecular complexity index is 419. The zero-order chi connectivity index (χ0) is 13.8. The number of amides is 1. The first-order valence-corrected chi connectivity index (χ1v) is 7.03. The molecule has 2 unspecified atom stereocenters. The van der Waals surface area contributed by atoms with Crippen LogP contribution in [-0.4, -0.2) is 34.4 Å². The highest BCUT2D eigenvalue weighted by molar-refractivity contribution is 5.80. The third kappa shape index (κ3) is 3.32. The lowest BCUT2D eigenvalue weighted by atomic mass is 9.99. The second-order valence-corrected chi connectivity index (χ2v) is 5.52. The molecule has 1 aromatic rings. The van der Waals surface area contributed by atoms with Gasteiger partial charge in [0.15, 0.2) is 0 Å². The largest absolute Gasteiger partial charge is 0.334 e. The van der Waals surface area contributed by atoms with Gasteiger partial charge in [0, 0.05) is 18.3 Å². The number of hydrogen-bond acceptors (Lipinski definition) is 3. The number of rotatable bonds is 4. The summed E-state index contributed by atoms with van der Waals surface area (Å²) >= 11 is 0. The van der Waals surface area contributed by atoms with Gasteiger partial charge in [-0.2, -0.15) is 0 Å². The van der Waals surface area contributed by atoms with Crippen LogP contribution in [0.25, 0.3) is 0 Å². The molecular weight excluding hydrogens is 238 g/mol. The topological polar surface area (TPSA) is 45.2 Å². The van der Waals surface area contributed by atoms with Crippen LogP contribution in [0.4, 0.5) is 0 Å². The van der Waals surface area contributed by atoms with Gasteiger partial charge in [-0.15, -0.1) is 0 Å². The fourth-order valence-corrected chi connectivity index (χ4v) is 2.59. The number of nitrogens with one attached hydrogen (secondary N) is 1. The normalized spacial score (nSPS) is 22.7. The lowest BCUT2D eigenvalue weighted by Crippen LogP contribution is -2.43. The molecule has 104 valence electrons. The molecule has 1 amide bonds. The van der Waals surface area contributed by atoms with Crippen LogP contribution in [0.5, 0.6) is 0 Å². The van der Waals surface area contributed by atoms with Crippen LogP contribution in [-0.2, 0) is 11.3 Å². The minimum atomic E-state index is 0.103. The SMILES string of the molecule is CC1NCCC1C(=O)N(Cc1ccccn1)C(C)C. The van der Waals surface area contributed by atoms with E-state index >= 15 is 0 Å². The number of pyridine rings is 1. The van der Waals surface area contributed by atoms with Crippen molar-refractivity contribution in [3.05, 3.63) is 30.1 Å². The van der Waals surface area contributed by atoms with E-state index in [2.05, 4.69) is 31.1 Å². The van der Waals surface area contributed by atoms with E-state index in [0.29, 0.717) is 6.54 Å². The van der Waals surface area contributed by atoms with Crippen LogP contribution in [0.2, 0.25) is 0 Å². The van der Waals surface area contributed by atoms with Gasteiger partial charge < -0.3 is 10.2 Å². The molecule has 1 N–H and O–H groups in total. The van der Waals surface area contributed by atoms with Crippen LogP contribution >= 0.6 is 0 Å². The van der Waals surface area contributed by atoms with Crippen LogP contribution in [0.3, 0.4) is 0 Å². The second kappa shape index (κ2) is 6.15. The minimum Gasteiger partial charge on any atom is -0.334 e. The van der Waals surface area contributed by atoms with Gasteiger partial charge in [-0.25, -0.2) is 0 Å². The summed E-state index contributed by atoms with van der Waals surface area (Å²) in [5.74, 6) is 0.351. The molecule has 1 aromatic heterocycles. The van der Waals surface area contributed by atoms with Crippen LogP contribution in [0.1, 0.15) is 32.9 Å². The fourth-order valence-electron chi connectivity index (χ4n) is 2.59. The Morgan fingerprint density at radius 2 is 2.32 bits per heavy atom. The first-order valence-electron chi connectivity index (χ1n) is 7.03. The summed E-state index contributed by atoms with van der Waals surface area (Å²) in [5, 5.41) is 3.34. The first kappa shape index (κ1) is 14.0. The maximum absolute atomic E-state index is 12.7. The first-order chi connectivity index (χ1) is 9.09. The van der Waals surface area contributed by atoms with E-state index < -0.39 is 0 Å². The molecule has 4 heteroatoms. The lowest BCUT2D eigenvalue weighted by molar-refractivity contribution is -0.138. The standard InChI is InChI=1S/C15H23N3O/c1-11(2)18(10-13-6-4-5-8-17-13)15(19)14-7-9-16-12(14)3/h4-6,8,11-12,14,16H,7,9-10H2,1-3H3. The number of nitrogens with zero attached hydrogens (tertiary/aromatic N) is 2. The van der Waals surface area contributed by atoms with E-state index in [1.54, 1.807) is 6.20 Å². The number of hydrogen-bond donors (Lipinski definition) is 1. The van der Waals surface area contributed by atoms with E-state index in [1.165, 1.54) is 0 Å². The Morgan fingerprint density at radius 3 is 2.84 bits per heavy atom. The Kier molecular flexibility index (Phi) is 4.53. The molecule has 2 rings (SSSR count). The van der Waals surface area contributed by atoms with E-state index in [9.17, 15) is 4.79 Å². The minimum absolute atomic E-state index is 0.103. The zero-order valence-electron chi connectivity index (χ0n) is 12.0. The molecule has 0 radical (unpaired) electrons. The third-order valence-corrected chi connectivity index (χ3v) is 3.81. The average Bonchev–Trinajstić information content (AvgIpc) is 2.82. The van der Waals surface area contributed by atoms with Crippen molar-refractivity contribution in [3.63, 3.8) is 0 Å². The molecule has 1 aliphatic heterocycles. The van der Waals surface area contributed by atoms with E-state index in [4.69, 9.17) is 0 Å². The number of aromatic nitrogens is 1. The molecule has 4 nitrogen and oxygen atoms in total. The van der Waals surface area contributed by atoms with Crippen molar-refractivity contribution in [3.8, 4) is 0 Å². The molecule has 2 heterocycles. The van der Waals surface area contributed by atoms with Crippen molar-refractivity contribution >= 4 is 5.91 Å². The molecule has 1 saturated heterocycles. The summed E-state index contributed by atoms with van der Waals surface area (Å²) in [4.78, 5) is 18.9. The van der Waals surface area contributed by atoms with Gasteiger partial charge >= 0.3 is 0 Å². The molecule has 0 saturated carbocycles. The smallest absolute Gasteiger partial charge is 0.227 e. The third-order valence-electron chi connectivity index (χ3n) is 3.81. The van der Waals surface area contributed by atoms with Gasteiger partial charge in [-0.3, -0.25) is 9.78 Å². The monoisotopic (exact) mass is 261 g/mol. The van der Waals surface area contributed by atoms with Crippen LogP contribution in [0.15, 0.2) is 24.4 Å². The predicted octanol–water partition coefficient (Wildman–Crippen LogP) is 1.82. The molecule has 19 heavy (non-hydrogen) atoms. The molecule has 0 aliphatic carbocycles. The maximum Gasteiger partial charge on any atom is 0.227 e. The van der Waals surface area contributed by atoms with E-state index in [0.717, 1.165) is 18.7 Å². The summed E-state index contributed by atoms with van der Waals surface area (Å²) in [6.45, 7) is 7.75. The second-order valence-electron chi connectivity index (χ2n) is 5.52. The van der Waals surface area contributed by atoms with E-state index in [-0.39, 0.29) is 23.9 Å². The molecule has 0 spiro atoms. The van der Waals surface area contributed by atoms with Crippen molar-refractivity contribution in [2.75, 3.05) is 6.54 Å². The quantitative estimate of drug-likeness (QED) is 0.899. The fraction of sp³-hybridized carbons (Fsp3) is 0.600. The van der Waals surface area contributed by atoms with Gasteiger partial charge in [0.05, 0.1) is 18.2 Å². The highest BCUT2D eigenvalue weighted by Crippen LogP contribution is 2.20. The molecule has 1 aliphatic rings. The Hall–Kier alpha value is -1.42. The van der Waals surface area contributed by atoms with Crippen molar-refractivity contribution in [2.24, 2.45) is 5.92 Å². The maximum atomic E-state index is 12.7. The van der Waals surface area contributed by atoms with Gasteiger partial charge in [-0.05, 0) is 45.9 Å². The molecule has 2 atom stereocenters. The Balaban J connectivity index is 2.09. The van der Waals surface area contributed by atoms with Crippen molar-refractivity contribution in [1.82, 2.24) is 15.2 Å². The van der Waals surface area contributed by atoms with Crippen molar-refractivity contribution < 1.29 is 4.79 Å². The average molecular weight is 261 g/mol. The van der Waals surface area contributed by atoms with Gasteiger partial charge in [0.25, 0.3) is 0 Å². The molecule has 1 fully saturated rings. The summed E-state index contributed by atoms with van der Waals surface area (Å²) in [6.07, 6.45) is 2.71. The Labute approximate surface area is 115 Å². The number of carbonyl (C=O) groups is 1. The van der Waals surface area contributed by atoms with Crippen LogP contribution in [0, 0.1) is 5.92 Å². The number of carbonyl (C=O) groups excluding carboxylic acids is 1.